The summed E-state index contributed by atoms with van der Waals surface area (Å²) in [7, 11) is 0. The molecule has 0 unspecified atom stereocenters. The van der Waals surface area contributed by atoms with Crippen molar-refractivity contribution in [1.29, 1.82) is 0 Å². The van der Waals surface area contributed by atoms with Gasteiger partial charge in [0, 0.05) is 5.56 Å². The predicted octanol–water partition coefficient (Wildman–Crippen LogP) is 1.69. The number of nitrogens with zero attached hydrogens (tertiary/aromatic N) is 1. The molecular formula is C8H6F3NO4. The first-order valence-corrected chi connectivity index (χ1v) is 3.90. The SMILES string of the molecule is Cc1cc(O)c(C(=O)O)nc1OC(F)(F)F. The van der Waals surface area contributed by atoms with Crippen LogP contribution in [0, 0.1) is 6.92 Å². The molecule has 1 heterocycles. The summed E-state index contributed by atoms with van der Waals surface area (Å²) in [6.07, 6.45) is -4.97. The van der Waals surface area contributed by atoms with E-state index in [9.17, 15) is 18.0 Å². The number of halogens is 3. The lowest BCUT2D eigenvalue weighted by Crippen LogP contribution is -2.19. The van der Waals surface area contributed by atoms with Crippen molar-refractivity contribution in [2.24, 2.45) is 0 Å². The first-order valence-electron chi connectivity index (χ1n) is 3.90. The summed E-state index contributed by atoms with van der Waals surface area (Å²) in [5, 5.41) is 17.6. The normalized spacial score (nSPS) is 11.2. The molecule has 8 heteroatoms. The highest BCUT2D eigenvalue weighted by molar-refractivity contribution is 5.88. The summed E-state index contributed by atoms with van der Waals surface area (Å²) in [5.74, 6) is -3.27. The van der Waals surface area contributed by atoms with Crippen LogP contribution in [0.15, 0.2) is 6.07 Å². The summed E-state index contributed by atoms with van der Waals surface area (Å²) in [6, 6.07) is 0.831. The van der Waals surface area contributed by atoms with E-state index in [0.29, 0.717) is 0 Å². The number of rotatable bonds is 2. The van der Waals surface area contributed by atoms with Gasteiger partial charge in [-0.3, -0.25) is 0 Å². The van der Waals surface area contributed by atoms with E-state index in [1.807, 2.05) is 0 Å². The van der Waals surface area contributed by atoms with E-state index in [4.69, 9.17) is 10.2 Å². The van der Waals surface area contributed by atoms with Crippen LogP contribution >= 0.6 is 0 Å². The number of hydrogen-bond donors (Lipinski definition) is 2. The lowest BCUT2D eigenvalue weighted by atomic mass is 10.2. The van der Waals surface area contributed by atoms with Gasteiger partial charge >= 0.3 is 12.3 Å². The molecule has 0 amide bonds. The average Bonchev–Trinajstić information content (AvgIpc) is 2.07. The molecule has 0 atom stereocenters. The topological polar surface area (TPSA) is 79.7 Å². The van der Waals surface area contributed by atoms with Crippen molar-refractivity contribution in [3.05, 3.63) is 17.3 Å². The summed E-state index contributed by atoms with van der Waals surface area (Å²) >= 11 is 0. The van der Waals surface area contributed by atoms with Gasteiger partial charge in [-0.1, -0.05) is 0 Å². The second-order valence-corrected chi connectivity index (χ2v) is 2.83. The molecule has 1 aromatic heterocycles. The molecule has 0 spiro atoms. The molecule has 0 aliphatic carbocycles. The van der Waals surface area contributed by atoms with E-state index in [1.54, 1.807) is 0 Å². The molecule has 5 nitrogen and oxygen atoms in total. The molecule has 0 aromatic carbocycles. The van der Waals surface area contributed by atoms with E-state index < -0.39 is 29.7 Å². The number of alkyl halides is 3. The number of aryl methyl sites for hydroxylation is 1. The Balaban J connectivity index is 3.20. The van der Waals surface area contributed by atoms with Crippen LogP contribution in [-0.4, -0.2) is 27.5 Å². The fraction of sp³-hybridized carbons (Fsp3) is 0.250. The van der Waals surface area contributed by atoms with Gasteiger partial charge in [0.2, 0.25) is 5.88 Å². The molecule has 0 aliphatic rings. The summed E-state index contributed by atoms with van der Waals surface area (Å²) in [5.41, 5.74) is -1.02. The van der Waals surface area contributed by atoms with Gasteiger partial charge in [0.05, 0.1) is 0 Å². The quantitative estimate of drug-likeness (QED) is 0.818. The minimum Gasteiger partial charge on any atom is -0.505 e. The van der Waals surface area contributed by atoms with Crippen molar-refractivity contribution in [3.63, 3.8) is 0 Å². The Bertz CT molecular complexity index is 430. The van der Waals surface area contributed by atoms with Crippen LogP contribution < -0.4 is 4.74 Å². The van der Waals surface area contributed by atoms with Gasteiger partial charge in [0.1, 0.15) is 5.75 Å². The van der Waals surface area contributed by atoms with E-state index >= 15 is 0 Å². The number of carbonyl (C=O) groups is 1. The molecule has 16 heavy (non-hydrogen) atoms. The minimum absolute atomic E-state index is 0.125. The average molecular weight is 237 g/mol. The van der Waals surface area contributed by atoms with Crippen molar-refractivity contribution >= 4 is 5.97 Å². The highest BCUT2D eigenvalue weighted by Gasteiger charge is 2.33. The minimum atomic E-state index is -4.97. The van der Waals surface area contributed by atoms with Gasteiger partial charge in [-0.15, -0.1) is 13.2 Å². The Hall–Kier alpha value is -1.99. The third kappa shape index (κ3) is 2.75. The molecule has 0 bridgehead atoms. The van der Waals surface area contributed by atoms with E-state index in [1.165, 1.54) is 6.92 Å². The van der Waals surface area contributed by atoms with Gasteiger partial charge in [0.25, 0.3) is 0 Å². The largest absolute Gasteiger partial charge is 0.574 e. The number of carboxylic acid groups (broad SMARTS) is 1. The van der Waals surface area contributed by atoms with Crippen molar-refractivity contribution in [2.45, 2.75) is 13.3 Å². The zero-order valence-corrected chi connectivity index (χ0v) is 7.87. The predicted molar refractivity (Wildman–Crippen MR) is 44.3 cm³/mol. The van der Waals surface area contributed by atoms with Crippen LogP contribution in [-0.2, 0) is 0 Å². The number of hydrogen-bond acceptors (Lipinski definition) is 4. The van der Waals surface area contributed by atoms with Crippen LogP contribution in [0.25, 0.3) is 0 Å². The third-order valence-corrected chi connectivity index (χ3v) is 1.56. The second-order valence-electron chi connectivity index (χ2n) is 2.83. The number of carboxylic acids is 1. The third-order valence-electron chi connectivity index (χ3n) is 1.56. The summed E-state index contributed by atoms with van der Waals surface area (Å²) in [4.78, 5) is 13.6. The van der Waals surface area contributed by atoms with Crippen LogP contribution in [0.2, 0.25) is 0 Å². The van der Waals surface area contributed by atoms with Crippen molar-refractivity contribution in [1.82, 2.24) is 4.98 Å². The Kier molecular flexibility index (Phi) is 2.92. The monoisotopic (exact) mass is 237 g/mol. The lowest BCUT2D eigenvalue weighted by Gasteiger charge is -2.11. The highest BCUT2D eigenvalue weighted by Crippen LogP contribution is 2.28. The van der Waals surface area contributed by atoms with Crippen molar-refractivity contribution < 1.29 is 32.9 Å². The molecule has 88 valence electrons. The summed E-state index contributed by atoms with van der Waals surface area (Å²) in [6.45, 7) is 1.19. The first-order chi connectivity index (χ1) is 7.20. The lowest BCUT2D eigenvalue weighted by molar-refractivity contribution is -0.276. The maximum atomic E-state index is 11.9. The van der Waals surface area contributed by atoms with Crippen LogP contribution in [0.3, 0.4) is 0 Å². The number of pyridine rings is 1. The molecule has 0 fully saturated rings. The Morgan fingerprint density at radius 3 is 2.50 bits per heavy atom. The number of aromatic carboxylic acids is 1. The van der Waals surface area contributed by atoms with Gasteiger partial charge in [-0.05, 0) is 13.0 Å². The van der Waals surface area contributed by atoms with Crippen molar-refractivity contribution in [3.8, 4) is 11.6 Å². The molecule has 1 aromatic rings. The highest BCUT2D eigenvalue weighted by atomic mass is 19.4. The molecule has 0 radical (unpaired) electrons. The molecule has 0 saturated carbocycles. The van der Waals surface area contributed by atoms with E-state index in [0.717, 1.165) is 6.07 Å². The fourth-order valence-corrected chi connectivity index (χ4v) is 0.952. The molecule has 2 N–H and O–H groups in total. The maximum absolute atomic E-state index is 11.9. The van der Waals surface area contributed by atoms with Crippen molar-refractivity contribution in [2.75, 3.05) is 0 Å². The standard InChI is InChI=1S/C8H6F3NO4/c1-3-2-4(13)5(7(14)15)12-6(3)16-8(9,10)11/h2,13H,1H3,(H,14,15). The second kappa shape index (κ2) is 3.87. The Morgan fingerprint density at radius 1 is 1.50 bits per heavy atom. The van der Waals surface area contributed by atoms with Crippen LogP contribution in [0.5, 0.6) is 11.6 Å². The number of aromatic hydroxyl groups is 1. The van der Waals surface area contributed by atoms with E-state index in [-0.39, 0.29) is 5.56 Å². The first kappa shape index (κ1) is 12.1. The smallest absolute Gasteiger partial charge is 0.505 e. The molecule has 0 saturated heterocycles. The zero-order chi connectivity index (χ0) is 12.5. The summed E-state index contributed by atoms with van der Waals surface area (Å²) < 4.78 is 39.1. The molecular weight excluding hydrogens is 231 g/mol. The molecule has 0 aliphatic heterocycles. The number of aromatic nitrogens is 1. The van der Waals surface area contributed by atoms with Gasteiger partial charge in [-0.25, -0.2) is 9.78 Å². The van der Waals surface area contributed by atoms with E-state index in [2.05, 4.69) is 9.72 Å². The number of ether oxygens (including phenoxy) is 1. The maximum Gasteiger partial charge on any atom is 0.574 e. The van der Waals surface area contributed by atoms with Crippen LogP contribution in [0.4, 0.5) is 13.2 Å². The van der Waals surface area contributed by atoms with Gasteiger partial charge < -0.3 is 14.9 Å². The van der Waals surface area contributed by atoms with Gasteiger partial charge in [0.15, 0.2) is 5.69 Å². The Labute approximate surface area is 87.1 Å². The zero-order valence-electron chi connectivity index (χ0n) is 7.87. The van der Waals surface area contributed by atoms with Crippen LogP contribution in [0.1, 0.15) is 16.1 Å². The fourth-order valence-electron chi connectivity index (χ4n) is 0.952. The molecule has 1 rings (SSSR count). The van der Waals surface area contributed by atoms with Gasteiger partial charge in [-0.2, -0.15) is 0 Å². The Morgan fingerprint density at radius 2 is 2.06 bits per heavy atom.